The zero-order valence-corrected chi connectivity index (χ0v) is 22.7. The van der Waals surface area contributed by atoms with E-state index in [1.54, 1.807) is 0 Å². The summed E-state index contributed by atoms with van der Waals surface area (Å²) in [5.41, 5.74) is 19.0. The zero-order valence-electron chi connectivity index (χ0n) is 22.7. The summed E-state index contributed by atoms with van der Waals surface area (Å²) < 4.78 is 0. The Morgan fingerprint density at radius 2 is 1.03 bits per heavy atom. The molecule has 3 aliphatic rings. The third kappa shape index (κ3) is 2.52. The van der Waals surface area contributed by atoms with Crippen LogP contribution in [0.25, 0.3) is 44.5 Å². The number of nitrogens with zero attached hydrogens (tertiary/aromatic N) is 1. The van der Waals surface area contributed by atoms with E-state index >= 15 is 0 Å². The van der Waals surface area contributed by atoms with E-state index in [1.165, 1.54) is 78.1 Å². The maximum absolute atomic E-state index is 2.49. The van der Waals surface area contributed by atoms with Gasteiger partial charge in [0.05, 0.1) is 0 Å². The van der Waals surface area contributed by atoms with Crippen molar-refractivity contribution in [1.29, 1.82) is 0 Å². The molecule has 0 fully saturated rings. The first-order valence-electron chi connectivity index (χ1n) is 13.7. The second-order valence-corrected chi connectivity index (χ2v) is 12.2. The highest BCUT2D eigenvalue weighted by atomic mass is 15.1. The van der Waals surface area contributed by atoms with Crippen molar-refractivity contribution >= 4 is 11.4 Å². The summed E-state index contributed by atoms with van der Waals surface area (Å²) in [5, 5.41) is 0. The zero-order chi connectivity index (χ0) is 26.0. The SMILES string of the molecule is CN1c2cc3c(cc2-c2ccccc2-c2c1ccc1c2C(C)(C)c2ccccc2-1)C(C)(C)c1ccccc1-3. The van der Waals surface area contributed by atoms with E-state index in [9.17, 15) is 0 Å². The van der Waals surface area contributed by atoms with Gasteiger partial charge in [-0.15, -0.1) is 0 Å². The van der Waals surface area contributed by atoms with Gasteiger partial charge in [0.2, 0.25) is 0 Å². The maximum Gasteiger partial charge on any atom is 0.0494 e. The quantitative estimate of drug-likeness (QED) is 0.209. The first-order valence-corrected chi connectivity index (χ1v) is 13.7. The van der Waals surface area contributed by atoms with Gasteiger partial charge in [0, 0.05) is 40.4 Å². The van der Waals surface area contributed by atoms with Gasteiger partial charge in [0.15, 0.2) is 0 Å². The topological polar surface area (TPSA) is 3.24 Å². The van der Waals surface area contributed by atoms with E-state index in [4.69, 9.17) is 0 Å². The molecule has 1 nitrogen and oxygen atoms in total. The van der Waals surface area contributed by atoms with Gasteiger partial charge >= 0.3 is 0 Å². The van der Waals surface area contributed by atoms with Crippen LogP contribution in [0.15, 0.2) is 97.1 Å². The Morgan fingerprint density at radius 1 is 0.447 bits per heavy atom. The minimum Gasteiger partial charge on any atom is -0.344 e. The lowest BCUT2D eigenvalue weighted by molar-refractivity contribution is 0.660. The Labute approximate surface area is 225 Å². The summed E-state index contributed by atoms with van der Waals surface area (Å²) in [6, 6.07) is 36.6. The molecule has 0 atom stereocenters. The Kier molecular flexibility index (Phi) is 4.07. The Morgan fingerprint density at radius 3 is 1.74 bits per heavy atom. The number of anilines is 2. The third-order valence-corrected chi connectivity index (χ3v) is 9.61. The molecule has 184 valence electrons. The van der Waals surface area contributed by atoms with E-state index in [0.29, 0.717) is 0 Å². The molecule has 1 aliphatic heterocycles. The van der Waals surface area contributed by atoms with Crippen LogP contribution in [0.2, 0.25) is 0 Å². The molecule has 5 aromatic carbocycles. The summed E-state index contributed by atoms with van der Waals surface area (Å²) in [6.07, 6.45) is 0. The van der Waals surface area contributed by atoms with Crippen LogP contribution in [0.5, 0.6) is 0 Å². The van der Waals surface area contributed by atoms with Crippen molar-refractivity contribution in [1.82, 2.24) is 0 Å². The molecule has 1 heteroatoms. The maximum atomic E-state index is 2.49. The summed E-state index contributed by atoms with van der Waals surface area (Å²) in [5.74, 6) is 0. The van der Waals surface area contributed by atoms with Crippen LogP contribution in [0.3, 0.4) is 0 Å². The molecule has 0 saturated carbocycles. The standard InChI is InChI=1S/C37H31N/c1-36(2)29-16-10-9-14-24(29)27-21-33-28(20-31(27)36)22-12-6-7-15-25(22)34-32(38(33)5)19-18-26-23-13-8-11-17-30(23)37(3,4)35(26)34/h6-21H,1-5H3. The second kappa shape index (κ2) is 7.05. The second-order valence-electron chi connectivity index (χ2n) is 12.2. The first kappa shape index (κ1) is 21.9. The molecule has 0 radical (unpaired) electrons. The predicted octanol–water partition coefficient (Wildman–Crippen LogP) is 9.71. The molecule has 0 amide bonds. The molecule has 0 aromatic heterocycles. The molecule has 0 N–H and O–H groups in total. The fourth-order valence-electron chi connectivity index (χ4n) is 7.71. The summed E-state index contributed by atoms with van der Waals surface area (Å²) in [4.78, 5) is 2.44. The lowest BCUT2D eigenvalue weighted by Gasteiger charge is -2.29. The van der Waals surface area contributed by atoms with Crippen LogP contribution in [-0.4, -0.2) is 7.05 Å². The van der Waals surface area contributed by atoms with Gasteiger partial charge < -0.3 is 4.90 Å². The van der Waals surface area contributed by atoms with Gasteiger partial charge in [-0.1, -0.05) is 107 Å². The van der Waals surface area contributed by atoms with Crippen molar-refractivity contribution in [2.24, 2.45) is 0 Å². The fourth-order valence-corrected chi connectivity index (χ4v) is 7.71. The van der Waals surface area contributed by atoms with Crippen molar-refractivity contribution in [2.45, 2.75) is 38.5 Å². The first-order chi connectivity index (χ1) is 18.3. The van der Waals surface area contributed by atoms with Gasteiger partial charge in [-0.3, -0.25) is 0 Å². The van der Waals surface area contributed by atoms with Crippen molar-refractivity contribution < 1.29 is 0 Å². The molecule has 5 aromatic rings. The van der Waals surface area contributed by atoms with E-state index in [2.05, 4.69) is 137 Å². The Hall–Kier alpha value is -4.10. The molecule has 1 heterocycles. The van der Waals surface area contributed by atoms with Crippen LogP contribution in [0, 0.1) is 0 Å². The van der Waals surface area contributed by atoms with Crippen LogP contribution in [0.4, 0.5) is 11.4 Å². The van der Waals surface area contributed by atoms with E-state index in [1.807, 2.05) is 0 Å². The minimum atomic E-state index is -0.0789. The number of benzene rings is 5. The molecule has 38 heavy (non-hydrogen) atoms. The van der Waals surface area contributed by atoms with Crippen LogP contribution in [0.1, 0.15) is 49.9 Å². The number of hydrogen-bond donors (Lipinski definition) is 0. The van der Waals surface area contributed by atoms with Crippen LogP contribution < -0.4 is 4.90 Å². The van der Waals surface area contributed by atoms with E-state index in [0.717, 1.165) is 0 Å². The lowest BCUT2D eigenvalue weighted by Crippen LogP contribution is -2.18. The Balaban J connectivity index is 1.47. The van der Waals surface area contributed by atoms with Gasteiger partial charge in [0.25, 0.3) is 0 Å². The predicted molar refractivity (Wildman–Crippen MR) is 161 cm³/mol. The third-order valence-electron chi connectivity index (χ3n) is 9.61. The highest BCUT2D eigenvalue weighted by Gasteiger charge is 2.41. The lowest BCUT2D eigenvalue weighted by atomic mass is 9.77. The van der Waals surface area contributed by atoms with Crippen molar-refractivity contribution in [2.75, 3.05) is 11.9 Å². The monoisotopic (exact) mass is 489 g/mol. The largest absolute Gasteiger partial charge is 0.344 e. The fraction of sp³-hybridized carbons (Fsp3) is 0.189. The van der Waals surface area contributed by atoms with Gasteiger partial charge in [-0.2, -0.15) is 0 Å². The van der Waals surface area contributed by atoms with Gasteiger partial charge in [-0.05, 0) is 73.8 Å². The molecular formula is C37H31N. The number of rotatable bonds is 0. The minimum absolute atomic E-state index is 0.0293. The normalized spacial score (nSPS) is 16.4. The van der Waals surface area contributed by atoms with Crippen LogP contribution in [-0.2, 0) is 10.8 Å². The molecule has 2 aliphatic carbocycles. The van der Waals surface area contributed by atoms with Crippen molar-refractivity contribution in [3.8, 4) is 44.5 Å². The average Bonchev–Trinajstić information content (AvgIpc) is 3.26. The van der Waals surface area contributed by atoms with Crippen molar-refractivity contribution in [3.05, 3.63) is 119 Å². The van der Waals surface area contributed by atoms with Gasteiger partial charge in [0.1, 0.15) is 0 Å². The van der Waals surface area contributed by atoms with E-state index < -0.39 is 0 Å². The summed E-state index contributed by atoms with van der Waals surface area (Å²) >= 11 is 0. The Bertz CT molecular complexity index is 1830. The molecule has 0 bridgehead atoms. The molecule has 0 spiro atoms. The average molecular weight is 490 g/mol. The van der Waals surface area contributed by atoms with Crippen molar-refractivity contribution in [3.63, 3.8) is 0 Å². The summed E-state index contributed by atoms with van der Waals surface area (Å²) in [7, 11) is 2.25. The van der Waals surface area contributed by atoms with Gasteiger partial charge in [-0.25, -0.2) is 0 Å². The smallest absolute Gasteiger partial charge is 0.0494 e. The van der Waals surface area contributed by atoms with E-state index in [-0.39, 0.29) is 10.8 Å². The van der Waals surface area contributed by atoms with Crippen LogP contribution >= 0.6 is 0 Å². The number of fused-ring (bicyclic) bond motifs is 12. The molecule has 0 unspecified atom stereocenters. The molecule has 0 saturated heterocycles. The summed E-state index contributed by atoms with van der Waals surface area (Å²) in [6.45, 7) is 9.54. The molecular weight excluding hydrogens is 458 g/mol. The number of hydrogen-bond acceptors (Lipinski definition) is 1. The highest BCUT2D eigenvalue weighted by Crippen LogP contribution is 2.59. The molecule has 8 rings (SSSR count). The highest BCUT2D eigenvalue weighted by molar-refractivity contribution is 6.05.